The minimum atomic E-state index is 0.0298. The van der Waals surface area contributed by atoms with Crippen LogP contribution in [0.3, 0.4) is 0 Å². The Bertz CT molecular complexity index is 801. The summed E-state index contributed by atoms with van der Waals surface area (Å²) in [6.07, 6.45) is 4.19. The number of nitrogens with zero attached hydrogens (tertiary/aromatic N) is 3. The molecule has 0 aromatic carbocycles. The zero-order valence-electron chi connectivity index (χ0n) is 12.9. The Morgan fingerprint density at radius 2 is 2.17 bits per heavy atom. The van der Waals surface area contributed by atoms with E-state index in [9.17, 15) is 4.79 Å². The predicted molar refractivity (Wildman–Crippen MR) is 91.4 cm³/mol. The lowest BCUT2D eigenvalue weighted by Crippen LogP contribution is -2.23. The van der Waals surface area contributed by atoms with E-state index in [1.807, 2.05) is 53.9 Å². The molecule has 0 unspecified atom stereocenters. The fraction of sp³-hybridized carbons (Fsp3) is 0.235. The molecule has 1 amide bonds. The van der Waals surface area contributed by atoms with E-state index in [2.05, 4.69) is 15.3 Å². The van der Waals surface area contributed by atoms with Crippen LogP contribution in [0.15, 0.2) is 53.8 Å². The van der Waals surface area contributed by atoms with Crippen LogP contribution >= 0.6 is 11.8 Å². The van der Waals surface area contributed by atoms with Crippen molar-refractivity contribution in [3.63, 3.8) is 0 Å². The second-order valence-electron chi connectivity index (χ2n) is 5.17. The molecule has 0 spiro atoms. The van der Waals surface area contributed by atoms with Crippen molar-refractivity contribution >= 4 is 23.3 Å². The normalized spacial score (nSPS) is 10.8. The average Bonchev–Trinajstić information content (AvgIpc) is 2.99. The summed E-state index contributed by atoms with van der Waals surface area (Å²) in [5.41, 5.74) is 2.89. The van der Waals surface area contributed by atoms with E-state index in [1.165, 1.54) is 0 Å². The van der Waals surface area contributed by atoms with Gasteiger partial charge in [-0.1, -0.05) is 12.1 Å². The molecular weight excluding hydrogens is 308 g/mol. The van der Waals surface area contributed by atoms with E-state index in [-0.39, 0.29) is 5.91 Å². The quantitative estimate of drug-likeness (QED) is 0.708. The minimum absolute atomic E-state index is 0.0298. The van der Waals surface area contributed by atoms with E-state index in [4.69, 9.17) is 0 Å². The van der Waals surface area contributed by atoms with Crippen molar-refractivity contribution in [2.24, 2.45) is 0 Å². The predicted octanol–water partition coefficient (Wildman–Crippen LogP) is 2.84. The first kappa shape index (κ1) is 15.6. The van der Waals surface area contributed by atoms with Gasteiger partial charge in [-0.3, -0.25) is 4.79 Å². The number of hydrogen-bond acceptors (Lipinski definition) is 4. The molecule has 0 saturated carbocycles. The summed E-state index contributed by atoms with van der Waals surface area (Å²) in [5.74, 6) is 0.745. The van der Waals surface area contributed by atoms with Gasteiger partial charge < -0.3 is 9.72 Å². The lowest BCUT2D eigenvalue weighted by molar-refractivity contribution is -0.120. The number of hydrogen-bond donors (Lipinski definition) is 1. The Balaban J connectivity index is 1.47. The van der Waals surface area contributed by atoms with Crippen LogP contribution < -0.4 is 5.32 Å². The number of rotatable bonds is 6. The van der Waals surface area contributed by atoms with Crippen LogP contribution in [0.5, 0.6) is 0 Å². The maximum absolute atomic E-state index is 11.9. The first-order valence-electron chi connectivity index (χ1n) is 7.46. The maximum Gasteiger partial charge on any atom is 0.221 e. The van der Waals surface area contributed by atoms with Gasteiger partial charge >= 0.3 is 0 Å². The molecule has 0 atom stereocenters. The van der Waals surface area contributed by atoms with Crippen molar-refractivity contribution in [2.45, 2.75) is 24.9 Å². The molecule has 3 heterocycles. The highest BCUT2D eigenvalue weighted by atomic mass is 32.2. The number of pyridine rings is 2. The van der Waals surface area contributed by atoms with E-state index < -0.39 is 0 Å². The van der Waals surface area contributed by atoms with Gasteiger partial charge in [-0.25, -0.2) is 9.97 Å². The van der Waals surface area contributed by atoms with Crippen LogP contribution in [0.1, 0.15) is 17.8 Å². The zero-order valence-corrected chi connectivity index (χ0v) is 13.7. The molecule has 0 radical (unpaired) electrons. The van der Waals surface area contributed by atoms with Crippen molar-refractivity contribution in [3.8, 4) is 0 Å². The molecule has 6 heteroatoms. The highest BCUT2D eigenvalue weighted by molar-refractivity contribution is 7.99. The Morgan fingerprint density at radius 3 is 2.96 bits per heavy atom. The molecular formula is C17H18N4OS. The van der Waals surface area contributed by atoms with E-state index in [0.29, 0.717) is 18.7 Å². The van der Waals surface area contributed by atoms with Crippen molar-refractivity contribution in [1.82, 2.24) is 19.7 Å². The van der Waals surface area contributed by atoms with Crippen molar-refractivity contribution in [3.05, 3.63) is 60.2 Å². The van der Waals surface area contributed by atoms with Gasteiger partial charge in [-0.2, -0.15) is 0 Å². The summed E-state index contributed by atoms with van der Waals surface area (Å²) in [6, 6.07) is 11.7. The first-order chi connectivity index (χ1) is 11.2. The van der Waals surface area contributed by atoms with Crippen LogP contribution in [0.25, 0.3) is 5.65 Å². The molecule has 3 aromatic rings. The van der Waals surface area contributed by atoms with Gasteiger partial charge in [0.1, 0.15) is 5.65 Å². The number of aryl methyl sites for hydroxylation is 1. The van der Waals surface area contributed by atoms with Crippen LogP contribution in [-0.4, -0.2) is 26.0 Å². The fourth-order valence-corrected chi connectivity index (χ4v) is 3.05. The lowest BCUT2D eigenvalue weighted by atomic mass is 10.4. The van der Waals surface area contributed by atoms with E-state index in [0.717, 1.165) is 22.1 Å². The highest BCUT2D eigenvalue weighted by Gasteiger charge is 2.06. The molecule has 0 aliphatic carbocycles. The van der Waals surface area contributed by atoms with Gasteiger partial charge in [0.2, 0.25) is 5.91 Å². The Hall–Kier alpha value is -2.34. The molecule has 5 nitrogen and oxygen atoms in total. The molecule has 0 aliphatic heterocycles. The van der Waals surface area contributed by atoms with Crippen LogP contribution in [-0.2, 0) is 11.3 Å². The van der Waals surface area contributed by atoms with Gasteiger partial charge in [-0.05, 0) is 31.2 Å². The van der Waals surface area contributed by atoms with E-state index in [1.54, 1.807) is 18.0 Å². The number of fused-ring (bicyclic) bond motifs is 1. The third-order valence-electron chi connectivity index (χ3n) is 3.43. The monoisotopic (exact) mass is 326 g/mol. The van der Waals surface area contributed by atoms with Crippen LogP contribution in [0.4, 0.5) is 0 Å². The number of carbonyl (C=O) groups is 1. The summed E-state index contributed by atoms with van der Waals surface area (Å²) in [7, 11) is 0. The maximum atomic E-state index is 11.9. The molecule has 3 rings (SSSR count). The third-order valence-corrected chi connectivity index (χ3v) is 4.37. The van der Waals surface area contributed by atoms with Gasteiger partial charge in [0.05, 0.1) is 17.3 Å². The van der Waals surface area contributed by atoms with Crippen molar-refractivity contribution < 1.29 is 4.79 Å². The Kier molecular flexibility index (Phi) is 4.92. The molecule has 23 heavy (non-hydrogen) atoms. The largest absolute Gasteiger partial charge is 0.350 e. The highest BCUT2D eigenvalue weighted by Crippen LogP contribution is 2.14. The smallest absolute Gasteiger partial charge is 0.221 e. The zero-order chi connectivity index (χ0) is 16.1. The van der Waals surface area contributed by atoms with Gasteiger partial charge in [0.25, 0.3) is 0 Å². The minimum Gasteiger partial charge on any atom is -0.350 e. The molecule has 3 aromatic heterocycles. The molecule has 0 bridgehead atoms. The number of amides is 1. The number of aromatic nitrogens is 3. The number of nitrogens with one attached hydrogen (secondary N) is 1. The summed E-state index contributed by atoms with van der Waals surface area (Å²) in [5, 5.41) is 3.86. The molecule has 118 valence electrons. The Labute approximate surface area is 139 Å². The summed E-state index contributed by atoms with van der Waals surface area (Å²) in [4.78, 5) is 20.6. The first-order valence-corrected chi connectivity index (χ1v) is 8.45. The van der Waals surface area contributed by atoms with Crippen molar-refractivity contribution in [2.75, 3.05) is 5.75 Å². The molecule has 0 fully saturated rings. The summed E-state index contributed by atoms with van der Waals surface area (Å²) >= 11 is 1.58. The Morgan fingerprint density at radius 1 is 1.26 bits per heavy atom. The average molecular weight is 326 g/mol. The van der Waals surface area contributed by atoms with E-state index >= 15 is 0 Å². The van der Waals surface area contributed by atoms with Crippen LogP contribution in [0.2, 0.25) is 0 Å². The molecule has 0 aliphatic rings. The van der Waals surface area contributed by atoms with Crippen molar-refractivity contribution in [1.29, 1.82) is 0 Å². The second kappa shape index (κ2) is 7.28. The van der Waals surface area contributed by atoms with Crippen LogP contribution in [0, 0.1) is 6.92 Å². The standard InChI is InChI=1S/C17H18N4OS/c1-13-5-4-6-15-20-14(12-21(13)15)11-19-16(22)8-10-23-17-7-2-3-9-18-17/h2-7,9,12H,8,10-11H2,1H3,(H,19,22). The number of imidazole rings is 1. The van der Waals surface area contributed by atoms with Gasteiger partial charge in [0.15, 0.2) is 0 Å². The topological polar surface area (TPSA) is 59.3 Å². The summed E-state index contributed by atoms with van der Waals surface area (Å²) < 4.78 is 2.03. The number of carbonyl (C=O) groups excluding carboxylic acids is 1. The van der Waals surface area contributed by atoms with Gasteiger partial charge in [0, 0.05) is 30.3 Å². The SMILES string of the molecule is Cc1cccc2nc(CNC(=O)CCSc3ccccn3)cn12. The van der Waals surface area contributed by atoms with Gasteiger partial charge in [-0.15, -0.1) is 11.8 Å². The number of thioether (sulfide) groups is 1. The molecule has 0 saturated heterocycles. The third kappa shape index (κ3) is 4.10. The molecule has 1 N–H and O–H groups in total. The summed E-state index contributed by atoms with van der Waals surface area (Å²) in [6.45, 7) is 2.49. The second-order valence-corrected chi connectivity index (χ2v) is 6.29. The fourth-order valence-electron chi connectivity index (χ4n) is 2.24. The lowest BCUT2D eigenvalue weighted by Gasteiger charge is -2.03.